The van der Waals surface area contributed by atoms with Crippen LogP contribution in [0.25, 0.3) is 0 Å². The molecule has 10 heteroatoms. The zero-order valence-corrected chi connectivity index (χ0v) is 47.3. The molecule has 0 aromatic carbocycles. The number of carbonyl (C=O) groups excluding carboxylic acids is 1. The van der Waals surface area contributed by atoms with Crippen molar-refractivity contribution in [2.24, 2.45) is 0 Å². The Balaban J connectivity index is 2.05. The first-order chi connectivity index (χ1) is 35.3. The number of carbonyl (C=O) groups is 1. The van der Waals surface area contributed by atoms with Gasteiger partial charge in [-0.15, -0.1) is 0 Å². The van der Waals surface area contributed by atoms with Gasteiger partial charge in [0.15, 0.2) is 6.29 Å². The Kier molecular flexibility index (Phi) is 49.7. The third-order valence-electron chi connectivity index (χ3n) is 15.5. The highest BCUT2D eigenvalue weighted by molar-refractivity contribution is 5.80. The molecule has 1 saturated heterocycles. The van der Waals surface area contributed by atoms with E-state index in [0.29, 0.717) is 6.42 Å². The lowest BCUT2D eigenvalue weighted by molar-refractivity contribution is -0.302. The van der Waals surface area contributed by atoms with E-state index in [2.05, 4.69) is 19.2 Å². The molecule has 1 rings (SSSR count). The van der Waals surface area contributed by atoms with Crippen LogP contribution < -0.4 is 5.32 Å². The Morgan fingerprint density at radius 1 is 0.472 bits per heavy atom. The van der Waals surface area contributed by atoms with E-state index in [9.17, 15) is 35.4 Å². The largest absolute Gasteiger partial charge is 0.394 e. The molecular weight excluding hydrogens is 903 g/mol. The predicted octanol–water partition coefficient (Wildman–Crippen LogP) is 14.9. The van der Waals surface area contributed by atoms with Crippen molar-refractivity contribution in [1.29, 1.82) is 0 Å². The van der Waals surface area contributed by atoms with Crippen LogP contribution in [0.3, 0.4) is 0 Å². The van der Waals surface area contributed by atoms with E-state index < -0.39 is 61.5 Å². The minimum Gasteiger partial charge on any atom is -0.394 e. The molecule has 8 atom stereocenters. The van der Waals surface area contributed by atoms with Gasteiger partial charge in [0, 0.05) is 0 Å². The molecule has 72 heavy (non-hydrogen) atoms. The van der Waals surface area contributed by atoms with Gasteiger partial charge in [0.05, 0.1) is 25.4 Å². The van der Waals surface area contributed by atoms with E-state index in [1.165, 1.54) is 250 Å². The summed E-state index contributed by atoms with van der Waals surface area (Å²) in [6.07, 6.45) is 55.1. The number of aliphatic hydroxyl groups excluding tert-OH is 6. The Labute approximate surface area is 444 Å². The quantitative estimate of drug-likeness (QED) is 0.0232. The van der Waals surface area contributed by atoms with Crippen molar-refractivity contribution in [2.45, 2.75) is 365 Å². The van der Waals surface area contributed by atoms with Crippen LogP contribution in [-0.2, 0) is 14.3 Å². The molecule has 7 N–H and O–H groups in total. The highest BCUT2D eigenvalue weighted by Gasteiger charge is 2.44. The monoisotopic (exact) mass is 1020 g/mol. The van der Waals surface area contributed by atoms with E-state index in [1.807, 2.05) is 6.08 Å². The van der Waals surface area contributed by atoms with E-state index in [4.69, 9.17) is 9.47 Å². The lowest BCUT2D eigenvalue weighted by atomic mass is 9.99. The fraction of sp³-hybridized carbons (Fsp3) is 0.952. The first-order valence-corrected chi connectivity index (χ1v) is 31.5. The SMILES string of the molecule is CCCCCCCCCCC/C=C/C(O)C(COC1OC(CO)C(O)C(O)C1O)NC(=O)C(O)CCCCCCCCCCCCCCCCCCCCCCCCCCCCCCCCCCCCCC. The molecule has 428 valence electrons. The number of ether oxygens (including phenoxy) is 2. The average molecular weight is 1020 g/mol. The topological polar surface area (TPSA) is 169 Å². The second kappa shape index (κ2) is 52.0. The smallest absolute Gasteiger partial charge is 0.249 e. The van der Waals surface area contributed by atoms with Crippen molar-refractivity contribution in [1.82, 2.24) is 5.32 Å². The molecule has 0 radical (unpaired) electrons. The number of hydrogen-bond donors (Lipinski definition) is 7. The lowest BCUT2D eigenvalue weighted by Gasteiger charge is -2.40. The van der Waals surface area contributed by atoms with Gasteiger partial charge in [-0.1, -0.05) is 309 Å². The molecule has 0 aliphatic carbocycles. The molecule has 0 bridgehead atoms. The van der Waals surface area contributed by atoms with Gasteiger partial charge in [-0.2, -0.15) is 0 Å². The van der Waals surface area contributed by atoms with Gasteiger partial charge >= 0.3 is 0 Å². The molecule has 0 saturated carbocycles. The van der Waals surface area contributed by atoms with Gasteiger partial charge in [-0.25, -0.2) is 0 Å². The molecule has 1 aliphatic rings. The fourth-order valence-corrected chi connectivity index (χ4v) is 10.4. The Hall–Kier alpha value is -1.11. The number of unbranched alkanes of at least 4 members (excludes halogenated alkanes) is 44. The number of amides is 1. The zero-order valence-electron chi connectivity index (χ0n) is 47.3. The van der Waals surface area contributed by atoms with Crippen molar-refractivity contribution in [3.8, 4) is 0 Å². The van der Waals surface area contributed by atoms with Crippen LogP contribution in [0, 0.1) is 0 Å². The first kappa shape index (κ1) is 68.9. The van der Waals surface area contributed by atoms with E-state index in [1.54, 1.807) is 6.08 Å². The summed E-state index contributed by atoms with van der Waals surface area (Å²) in [5, 5.41) is 64.9. The van der Waals surface area contributed by atoms with Gasteiger partial charge < -0.3 is 45.4 Å². The normalized spacial score (nSPS) is 19.6. The summed E-state index contributed by atoms with van der Waals surface area (Å²) in [7, 11) is 0. The van der Waals surface area contributed by atoms with Gasteiger partial charge in [0.25, 0.3) is 0 Å². The molecule has 1 aliphatic heterocycles. The number of nitrogens with one attached hydrogen (secondary N) is 1. The maximum Gasteiger partial charge on any atom is 0.249 e. The van der Waals surface area contributed by atoms with Crippen LogP contribution in [0.2, 0.25) is 0 Å². The van der Waals surface area contributed by atoms with Gasteiger partial charge in [-0.3, -0.25) is 4.79 Å². The number of rotatable bonds is 55. The summed E-state index contributed by atoms with van der Waals surface area (Å²) in [5.74, 6) is -0.611. The van der Waals surface area contributed by atoms with Gasteiger partial charge in [0.2, 0.25) is 5.91 Å². The van der Waals surface area contributed by atoms with Crippen LogP contribution in [0.5, 0.6) is 0 Å². The molecule has 10 nitrogen and oxygen atoms in total. The highest BCUT2D eigenvalue weighted by atomic mass is 16.7. The minimum absolute atomic E-state index is 0.301. The second-order valence-corrected chi connectivity index (χ2v) is 22.4. The third kappa shape index (κ3) is 40.2. The van der Waals surface area contributed by atoms with Crippen molar-refractivity contribution in [3.63, 3.8) is 0 Å². The molecule has 1 fully saturated rings. The summed E-state index contributed by atoms with van der Waals surface area (Å²) in [6, 6.07) is -0.975. The summed E-state index contributed by atoms with van der Waals surface area (Å²) in [4.78, 5) is 13.1. The van der Waals surface area contributed by atoms with E-state index >= 15 is 0 Å². The van der Waals surface area contributed by atoms with Gasteiger partial charge in [-0.05, 0) is 19.3 Å². The third-order valence-corrected chi connectivity index (χ3v) is 15.5. The number of hydrogen-bond acceptors (Lipinski definition) is 9. The number of allylic oxidation sites excluding steroid dienone is 1. The molecule has 0 aromatic rings. The Morgan fingerprint density at radius 2 is 0.792 bits per heavy atom. The standard InChI is InChI=1S/C62H121NO9/c1-3-5-7-9-11-13-15-16-17-18-19-20-21-22-23-24-25-26-27-28-29-30-31-32-33-34-35-36-37-38-39-41-43-45-47-49-51-56(66)61(70)63-54(53-71-62-60(69)59(68)58(67)57(52-64)72-62)55(65)50-48-46-44-42-40-14-12-10-8-6-4-2/h48,50,54-60,62,64-69H,3-47,49,51-53H2,1-2H3,(H,63,70)/b50-48+. The zero-order chi connectivity index (χ0) is 52.4. The predicted molar refractivity (Wildman–Crippen MR) is 301 cm³/mol. The van der Waals surface area contributed by atoms with E-state index in [0.717, 1.165) is 44.9 Å². The van der Waals surface area contributed by atoms with Crippen LogP contribution >= 0.6 is 0 Å². The van der Waals surface area contributed by atoms with E-state index in [-0.39, 0.29) is 6.61 Å². The second-order valence-electron chi connectivity index (χ2n) is 22.4. The van der Waals surface area contributed by atoms with Gasteiger partial charge in [0.1, 0.15) is 30.5 Å². The highest BCUT2D eigenvalue weighted by Crippen LogP contribution is 2.23. The van der Waals surface area contributed by atoms with Crippen LogP contribution in [-0.4, -0.2) is 98.7 Å². The average Bonchev–Trinajstić information content (AvgIpc) is 3.38. The van der Waals surface area contributed by atoms with Crippen molar-refractivity contribution < 1.29 is 44.9 Å². The van der Waals surface area contributed by atoms with Crippen LogP contribution in [0.15, 0.2) is 12.2 Å². The van der Waals surface area contributed by atoms with Crippen molar-refractivity contribution >= 4 is 5.91 Å². The van der Waals surface area contributed by atoms with Crippen LogP contribution in [0.1, 0.15) is 316 Å². The molecule has 0 aromatic heterocycles. The first-order valence-electron chi connectivity index (χ1n) is 31.5. The number of aliphatic hydroxyl groups is 6. The Morgan fingerprint density at radius 3 is 1.12 bits per heavy atom. The molecular formula is C62H121NO9. The van der Waals surface area contributed by atoms with Crippen LogP contribution in [0.4, 0.5) is 0 Å². The summed E-state index contributed by atoms with van der Waals surface area (Å²) >= 11 is 0. The summed E-state index contributed by atoms with van der Waals surface area (Å²) in [5.41, 5.74) is 0. The minimum atomic E-state index is -1.61. The Bertz CT molecular complexity index is 1160. The maximum absolute atomic E-state index is 13.1. The lowest BCUT2D eigenvalue weighted by Crippen LogP contribution is -2.60. The maximum atomic E-state index is 13.1. The summed E-state index contributed by atoms with van der Waals surface area (Å²) < 4.78 is 11.2. The summed E-state index contributed by atoms with van der Waals surface area (Å²) in [6.45, 7) is 3.63. The molecule has 1 amide bonds. The molecule has 1 heterocycles. The van der Waals surface area contributed by atoms with Crippen molar-refractivity contribution in [3.05, 3.63) is 12.2 Å². The molecule has 0 spiro atoms. The fourth-order valence-electron chi connectivity index (χ4n) is 10.4. The molecule has 8 unspecified atom stereocenters. The van der Waals surface area contributed by atoms with Crippen molar-refractivity contribution in [2.75, 3.05) is 13.2 Å².